The molecular weight excluding hydrogens is 242 g/mol. The summed E-state index contributed by atoms with van der Waals surface area (Å²) in [5.74, 6) is 0.623. The summed E-state index contributed by atoms with van der Waals surface area (Å²) >= 11 is 0. The van der Waals surface area contributed by atoms with Gasteiger partial charge in [-0.3, -0.25) is 0 Å². The van der Waals surface area contributed by atoms with Crippen LogP contribution in [-0.4, -0.2) is 35.3 Å². The van der Waals surface area contributed by atoms with E-state index in [1.807, 2.05) is 0 Å². The number of methoxy groups -OCH3 is 1. The van der Waals surface area contributed by atoms with Gasteiger partial charge in [0.25, 0.3) is 0 Å². The number of hydrogen-bond donors (Lipinski definition) is 1. The summed E-state index contributed by atoms with van der Waals surface area (Å²) in [5.41, 5.74) is 0. The van der Waals surface area contributed by atoms with E-state index in [2.05, 4.69) is 4.72 Å². The second kappa shape index (κ2) is 6.58. The van der Waals surface area contributed by atoms with E-state index in [1.165, 1.54) is 12.1 Å². The number of benzene rings is 1. The van der Waals surface area contributed by atoms with Gasteiger partial charge in [0.2, 0.25) is 10.0 Å². The van der Waals surface area contributed by atoms with Crippen molar-refractivity contribution >= 4 is 10.0 Å². The van der Waals surface area contributed by atoms with Crippen LogP contribution in [0, 0.1) is 0 Å². The van der Waals surface area contributed by atoms with Crippen molar-refractivity contribution in [2.75, 3.05) is 26.9 Å². The third-order valence-electron chi connectivity index (χ3n) is 2.02. The minimum Gasteiger partial charge on any atom is -0.491 e. The minimum atomic E-state index is -3.38. The molecule has 0 amide bonds. The van der Waals surface area contributed by atoms with Gasteiger partial charge < -0.3 is 9.47 Å². The van der Waals surface area contributed by atoms with Crippen LogP contribution in [0.3, 0.4) is 0 Å². The van der Waals surface area contributed by atoms with E-state index in [4.69, 9.17) is 9.47 Å². The number of ether oxygens (including phenoxy) is 2. The first-order valence-corrected chi connectivity index (χ1v) is 6.80. The van der Waals surface area contributed by atoms with Gasteiger partial charge in [-0.15, -0.1) is 0 Å². The second-order valence-corrected chi connectivity index (χ2v) is 5.08. The summed E-state index contributed by atoms with van der Waals surface area (Å²) in [6.07, 6.45) is 0. The maximum atomic E-state index is 11.6. The van der Waals surface area contributed by atoms with E-state index >= 15 is 0 Å². The Kier molecular flexibility index (Phi) is 5.40. The van der Waals surface area contributed by atoms with Crippen LogP contribution in [-0.2, 0) is 14.8 Å². The zero-order chi connectivity index (χ0) is 12.7. The third kappa shape index (κ3) is 4.33. The molecule has 0 radical (unpaired) electrons. The molecule has 5 nitrogen and oxygen atoms in total. The highest BCUT2D eigenvalue weighted by Gasteiger charge is 2.11. The Bertz CT molecular complexity index is 427. The van der Waals surface area contributed by atoms with Gasteiger partial charge in [0, 0.05) is 13.7 Å². The molecule has 0 aliphatic rings. The summed E-state index contributed by atoms with van der Waals surface area (Å²) in [7, 11) is -1.79. The van der Waals surface area contributed by atoms with E-state index in [-0.39, 0.29) is 4.90 Å². The lowest BCUT2D eigenvalue weighted by atomic mass is 10.3. The monoisotopic (exact) mass is 259 g/mol. The summed E-state index contributed by atoms with van der Waals surface area (Å²) in [5, 5.41) is 0. The van der Waals surface area contributed by atoms with Crippen molar-refractivity contribution in [2.24, 2.45) is 0 Å². The zero-order valence-corrected chi connectivity index (χ0v) is 10.8. The lowest BCUT2D eigenvalue weighted by Crippen LogP contribution is -2.22. The van der Waals surface area contributed by atoms with Crippen LogP contribution < -0.4 is 9.46 Å². The predicted molar refractivity (Wildman–Crippen MR) is 64.7 cm³/mol. The van der Waals surface area contributed by atoms with Gasteiger partial charge in [0.05, 0.1) is 11.5 Å². The van der Waals surface area contributed by atoms with Gasteiger partial charge >= 0.3 is 0 Å². The van der Waals surface area contributed by atoms with Crippen molar-refractivity contribution in [3.63, 3.8) is 0 Å². The van der Waals surface area contributed by atoms with Crippen molar-refractivity contribution in [1.82, 2.24) is 4.72 Å². The molecule has 0 aromatic heterocycles. The first-order chi connectivity index (χ1) is 8.10. The van der Waals surface area contributed by atoms with Crippen LogP contribution in [0.1, 0.15) is 6.92 Å². The first kappa shape index (κ1) is 14.0. The SMILES string of the molecule is CCNS(=O)(=O)c1ccc(OCCOC)cc1. The van der Waals surface area contributed by atoms with E-state index in [0.29, 0.717) is 25.5 Å². The van der Waals surface area contributed by atoms with E-state index in [9.17, 15) is 8.42 Å². The van der Waals surface area contributed by atoms with Crippen LogP contribution in [0.4, 0.5) is 0 Å². The fraction of sp³-hybridized carbons (Fsp3) is 0.455. The summed E-state index contributed by atoms with van der Waals surface area (Å²) in [4.78, 5) is 0.235. The molecule has 6 heteroatoms. The van der Waals surface area contributed by atoms with Crippen LogP contribution in [0.2, 0.25) is 0 Å². The van der Waals surface area contributed by atoms with Gasteiger partial charge in [0.15, 0.2) is 0 Å². The molecule has 0 atom stereocenters. The fourth-order valence-electron chi connectivity index (χ4n) is 1.23. The molecule has 0 heterocycles. The van der Waals surface area contributed by atoms with Crippen LogP contribution in [0.15, 0.2) is 29.2 Å². The number of sulfonamides is 1. The smallest absolute Gasteiger partial charge is 0.240 e. The standard InChI is InChI=1S/C11H17NO4S/c1-3-12-17(13,14)11-6-4-10(5-7-11)16-9-8-15-2/h4-7,12H,3,8-9H2,1-2H3. The number of nitrogens with one attached hydrogen (secondary N) is 1. The highest BCUT2D eigenvalue weighted by Crippen LogP contribution is 2.15. The molecule has 96 valence electrons. The lowest BCUT2D eigenvalue weighted by molar-refractivity contribution is 0.146. The third-order valence-corrected chi connectivity index (χ3v) is 3.59. The molecule has 0 saturated carbocycles. The molecule has 0 spiro atoms. The van der Waals surface area contributed by atoms with Crippen molar-refractivity contribution in [2.45, 2.75) is 11.8 Å². The minimum absolute atomic E-state index is 0.235. The topological polar surface area (TPSA) is 64.6 Å². The molecule has 1 aromatic rings. The average Bonchev–Trinajstić information content (AvgIpc) is 2.30. The molecule has 1 rings (SSSR count). The Morgan fingerprint density at radius 1 is 1.18 bits per heavy atom. The molecule has 1 N–H and O–H groups in total. The Labute approximate surface area is 102 Å². The van der Waals surface area contributed by atoms with E-state index in [1.54, 1.807) is 26.2 Å². The van der Waals surface area contributed by atoms with Gasteiger partial charge in [-0.2, -0.15) is 0 Å². The maximum absolute atomic E-state index is 11.6. The van der Waals surface area contributed by atoms with E-state index in [0.717, 1.165) is 0 Å². The molecule has 1 aromatic carbocycles. The van der Waals surface area contributed by atoms with Crippen LogP contribution in [0.5, 0.6) is 5.75 Å². The Hall–Kier alpha value is -1.11. The van der Waals surface area contributed by atoms with Gasteiger partial charge in [-0.25, -0.2) is 13.1 Å². The summed E-state index contributed by atoms with van der Waals surface area (Å²) < 4.78 is 35.9. The highest BCUT2D eigenvalue weighted by atomic mass is 32.2. The second-order valence-electron chi connectivity index (χ2n) is 3.31. The zero-order valence-electron chi connectivity index (χ0n) is 9.97. The first-order valence-electron chi connectivity index (χ1n) is 5.31. The Morgan fingerprint density at radius 3 is 2.35 bits per heavy atom. The molecule has 0 aliphatic heterocycles. The van der Waals surface area contributed by atoms with Crippen molar-refractivity contribution in [1.29, 1.82) is 0 Å². The quantitative estimate of drug-likeness (QED) is 0.742. The van der Waals surface area contributed by atoms with Gasteiger partial charge in [-0.05, 0) is 24.3 Å². The predicted octanol–water partition coefficient (Wildman–Crippen LogP) is 1.01. The molecule has 0 bridgehead atoms. The number of rotatable bonds is 7. The molecule has 0 unspecified atom stereocenters. The van der Waals surface area contributed by atoms with Crippen molar-refractivity contribution in [3.8, 4) is 5.75 Å². The normalized spacial score (nSPS) is 11.4. The molecule has 0 fully saturated rings. The lowest BCUT2D eigenvalue weighted by Gasteiger charge is -2.07. The fourth-order valence-corrected chi connectivity index (χ4v) is 2.27. The Balaban J connectivity index is 2.68. The molecule has 17 heavy (non-hydrogen) atoms. The highest BCUT2D eigenvalue weighted by molar-refractivity contribution is 7.89. The van der Waals surface area contributed by atoms with Crippen LogP contribution in [0.25, 0.3) is 0 Å². The maximum Gasteiger partial charge on any atom is 0.240 e. The van der Waals surface area contributed by atoms with Crippen LogP contribution >= 0.6 is 0 Å². The average molecular weight is 259 g/mol. The van der Waals surface area contributed by atoms with Gasteiger partial charge in [-0.1, -0.05) is 6.92 Å². The molecular formula is C11H17NO4S. The largest absolute Gasteiger partial charge is 0.491 e. The van der Waals surface area contributed by atoms with E-state index < -0.39 is 10.0 Å². The molecule has 0 aliphatic carbocycles. The van der Waals surface area contributed by atoms with Crippen molar-refractivity contribution < 1.29 is 17.9 Å². The summed E-state index contributed by atoms with van der Waals surface area (Å²) in [6.45, 7) is 3.04. The Morgan fingerprint density at radius 2 is 1.82 bits per heavy atom. The molecule has 0 saturated heterocycles. The summed E-state index contributed by atoms with van der Waals surface area (Å²) in [6, 6.07) is 6.28. The van der Waals surface area contributed by atoms with Crippen molar-refractivity contribution in [3.05, 3.63) is 24.3 Å². The number of hydrogen-bond acceptors (Lipinski definition) is 4. The van der Waals surface area contributed by atoms with Gasteiger partial charge in [0.1, 0.15) is 12.4 Å².